The van der Waals surface area contributed by atoms with Gasteiger partial charge in [0.1, 0.15) is 5.69 Å². The van der Waals surface area contributed by atoms with Crippen LogP contribution in [0.3, 0.4) is 0 Å². The van der Waals surface area contributed by atoms with Gasteiger partial charge in [0.05, 0.1) is 17.1 Å². The summed E-state index contributed by atoms with van der Waals surface area (Å²) in [4.78, 5) is 24.4. The predicted octanol–water partition coefficient (Wildman–Crippen LogP) is 1.13. The number of nitrogens with zero attached hydrogens (tertiary/aromatic N) is 2. The van der Waals surface area contributed by atoms with Crippen LogP contribution in [-0.4, -0.2) is 41.0 Å². The van der Waals surface area contributed by atoms with E-state index in [0.717, 1.165) is 0 Å². The molecule has 0 unspecified atom stereocenters. The maximum absolute atomic E-state index is 12.5. The van der Waals surface area contributed by atoms with Gasteiger partial charge in [-0.2, -0.15) is 0 Å². The monoisotopic (exact) mass is 294 g/mol. The van der Waals surface area contributed by atoms with E-state index in [4.69, 9.17) is 10.6 Å². The number of carbonyl (C=O) groups excluding carboxylic acids is 1. The number of rotatable bonds is 3. The van der Waals surface area contributed by atoms with E-state index in [-0.39, 0.29) is 29.5 Å². The van der Waals surface area contributed by atoms with Gasteiger partial charge in [0.2, 0.25) is 0 Å². The highest BCUT2D eigenvalue weighted by atomic mass is 16.6. The molecule has 114 valence electrons. The van der Waals surface area contributed by atoms with Crippen LogP contribution in [0.5, 0.6) is 0 Å². The molecule has 1 aromatic rings. The van der Waals surface area contributed by atoms with Crippen molar-refractivity contribution in [3.8, 4) is 0 Å². The van der Waals surface area contributed by atoms with Crippen molar-refractivity contribution in [2.75, 3.05) is 18.5 Å². The van der Waals surface area contributed by atoms with E-state index in [9.17, 15) is 14.9 Å². The van der Waals surface area contributed by atoms with Crippen molar-refractivity contribution in [3.63, 3.8) is 0 Å². The molecule has 1 aromatic carbocycles. The van der Waals surface area contributed by atoms with Crippen molar-refractivity contribution >= 4 is 17.3 Å². The maximum atomic E-state index is 12.5. The van der Waals surface area contributed by atoms with Gasteiger partial charge < -0.3 is 15.1 Å². The van der Waals surface area contributed by atoms with Crippen LogP contribution in [0.1, 0.15) is 24.2 Å². The number of hydrogen-bond donors (Lipinski definition) is 2. The normalized spacial score (nSPS) is 22.0. The molecule has 2 atom stereocenters. The van der Waals surface area contributed by atoms with Crippen LogP contribution in [0.25, 0.3) is 0 Å². The highest BCUT2D eigenvalue weighted by molar-refractivity contribution is 5.96. The van der Waals surface area contributed by atoms with E-state index >= 15 is 0 Å². The third-order valence-electron chi connectivity index (χ3n) is 3.30. The van der Waals surface area contributed by atoms with E-state index in [1.54, 1.807) is 4.90 Å². The Morgan fingerprint density at radius 2 is 2.05 bits per heavy atom. The number of nitrogens with two attached hydrogens (primary N) is 1. The molecule has 0 saturated carbocycles. The summed E-state index contributed by atoms with van der Waals surface area (Å²) in [6, 6.07) is 4.10. The second-order valence-corrected chi connectivity index (χ2v) is 5.10. The van der Waals surface area contributed by atoms with Crippen LogP contribution in [0.15, 0.2) is 18.2 Å². The van der Waals surface area contributed by atoms with Crippen molar-refractivity contribution in [2.24, 2.45) is 5.84 Å². The fourth-order valence-corrected chi connectivity index (χ4v) is 2.47. The molecule has 1 amide bonds. The number of nitro groups is 1. The summed E-state index contributed by atoms with van der Waals surface area (Å²) >= 11 is 0. The number of nitrogens with one attached hydrogen (secondary N) is 1. The molecular formula is C13H18N4O4. The van der Waals surface area contributed by atoms with Gasteiger partial charge in [-0.15, -0.1) is 0 Å². The molecule has 1 fully saturated rings. The molecule has 0 aromatic heterocycles. The molecule has 0 spiro atoms. The molecule has 3 N–H and O–H groups in total. The minimum Gasteiger partial charge on any atom is -0.372 e. The van der Waals surface area contributed by atoms with E-state index in [1.165, 1.54) is 18.2 Å². The standard InChI is InChI=1S/C13H18N4O4/c1-8-6-16(7-9(2)21-8)13(18)10-3-4-12(17(19)20)11(5-10)15-14/h3-5,8-9,15H,6-7,14H2,1-2H3/t8-,9+. The number of ether oxygens (including phenoxy) is 1. The summed E-state index contributed by atoms with van der Waals surface area (Å²) in [7, 11) is 0. The SMILES string of the molecule is C[C@@H]1CN(C(=O)c2ccc([N+](=O)[O-])c(NN)c2)C[C@H](C)O1. The van der Waals surface area contributed by atoms with Gasteiger partial charge in [-0.05, 0) is 26.0 Å². The second kappa shape index (κ2) is 6.06. The Balaban J connectivity index is 2.25. The molecule has 8 nitrogen and oxygen atoms in total. The number of nitro benzene ring substituents is 1. The molecule has 0 bridgehead atoms. The first kappa shape index (κ1) is 15.2. The van der Waals surface area contributed by atoms with Crippen LogP contribution in [0.2, 0.25) is 0 Å². The predicted molar refractivity (Wildman–Crippen MR) is 76.8 cm³/mol. The van der Waals surface area contributed by atoms with Crippen LogP contribution < -0.4 is 11.3 Å². The van der Waals surface area contributed by atoms with Gasteiger partial charge >= 0.3 is 0 Å². The minimum atomic E-state index is -0.553. The Bertz CT molecular complexity index is 553. The van der Waals surface area contributed by atoms with Gasteiger partial charge in [-0.1, -0.05) is 0 Å². The third-order valence-corrected chi connectivity index (χ3v) is 3.30. The quantitative estimate of drug-likeness (QED) is 0.491. The zero-order valence-corrected chi connectivity index (χ0v) is 11.9. The summed E-state index contributed by atoms with van der Waals surface area (Å²) in [6.07, 6.45) is -0.0781. The lowest BCUT2D eigenvalue weighted by molar-refractivity contribution is -0.384. The Kier molecular flexibility index (Phi) is 4.39. The number of morpholine rings is 1. The van der Waals surface area contributed by atoms with E-state index in [2.05, 4.69) is 5.43 Å². The first-order valence-corrected chi connectivity index (χ1v) is 6.62. The van der Waals surface area contributed by atoms with Gasteiger partial charge in [0, 0.05) is 24.7 Å². The molecule has 0 aliphatic carbocycles. The molecule has 1 aliphatic rings. The van der Waals surface area contributed by atoms with Crippen molar-refractivity contribution in [2.45, 2.75) is 26.1 Å². The van der Waals surface area contributed by atoms with Gasteiger partial charge in [-0.3, -0.25) is 20.8 Å². The molecule has 2 rings (SSSR count). The Labute approximate surface area is 122 Å². The lowest BCUT2D eigenvalue weighted by Crippen LogP contribution is -2.48. The van der Waals surface area contributed by atoms with Gasteiger partial charge in [0.25, 0.3) is 11.6 Å². The van der Waals surface area contributed by atoms with Gasteiger partial charge in [0.15, 0.2) is 0 Å². The van der Waals surface area contributed by atoms with Crippen LogP contribution in [-0.2, 0) is 4.74 Å². The van der Waals surface area contributed by atoms with Crippen molar-refractivity contribution in [1.29, 1.82) is 0 Å². The number of amides is 1. The first-order chi connectivity index (χ1) is 9.92. The number of anilines is 1. The molecule has 1 heterocycles. The first-order valence-electron chi connectivity index (χ1n) is 6.62. The number of hydrogen-bond acceptors (Lipinski definition) is 6. The number of hydrazine groups is 1. The van der Waals surface area contributed by atoms with Crippen LogP contribution in [0.4, 0.5) is 11.4 Å². The topological polar surface area (TPSA) is 111 Å². The largest absolute Gasteiger partial charge is 0.372 e. The molecule has 1 saturated heterocycles. The molecule has 1 aliphatic heterocycles. The van der Waals surface area contributed by atoms with Gasteiger partial charge in [-0.25, -0.2) is 0 Å². The Morgan fingerprint density at radius 3 is 2.57 bits per heavy atom. The Hall–Kier alpha value is -2.19. The average Bonchev–Trinajstić information content (AvgIpc) is 2.44. The zero-order chi connectivity index (χ0) is 15.6. The molecular weight excluding hydrogens is 276 g/mol. The number of benzene rings is 1. The average molecular weight is 294 g/mol. The lowest BCUT2D eigenvalue weighted by atomic mass is 10.1. The van der Waals surface area contributed by atoms with E-state index in [0.29, 0.717) is 18.7 Å². The summed E-state index contributed by atoms with van der Waals surface area (Å²) in [6.45, 7) is 4.79. The smallest absolute Gasteiger partial charge is 0.293 e. The number of nitrogen functional groups attached to an aromatic ring is 1. The summed E-state index contributed by atoms with van der Waals surface area (Å²) < 4.78 is 5.58. The maximum Gasteiger partial charge on any atom is 0.293 e. The fourth-order valence-electron chi connectivity index (χ4n) is 2.47. The van der Waals surface area contributed by atoms with Crippen molar-refractivity contribution in [1.82, 2.24) is 4.90 Å². The highest BCUT2D eigenvalue weighted by Gasteiger charge is 2.27. The summed E-state index contributed by atoms with van der Waals surface area (Å²) in [5.74, 6) is 5.09. The summed E-state index contributed by atoms with van der Waals surface area (Å²) in [5.41, 5.74) is 2.55. The number of carbonyl (C=O) groups is 1. The van der Waals surface area contributed by atoms with Crippen molar-refractivity contribution in [3.05, 3.63) is 33.9 Å². The molecule has 0 radical (unpaired) electrons. The van der Waals surface area contributed by atoms with E-state index < -0.39 is 4.92 Å². The van der Waals surface area contributed by atoms with E-state index in [1.807, 2.05) is 13.8 Å². The second-order valence-electron chi connectivity index (χ2n) is 5.10. The Morgan fingerprint density at radius 1 is 1.43 bits per heavy atom. The molecule has 8 heteroatoms. The zero-order valence-electron chi connectivity index (χ0n) is 11.9. The lowest BCUT2D eigenvalue weighted by Gasteiger charge is -2.35. The third kappa shape index (κ3) is 3.29. The van der Waals surface area contributed by atoms with Crippen LogP contribution in [0, 0.1) is 10.1 Å². The minimum absolute atomic E-state index is 0.0390. The fraction of sp³-hybridized carbons (Fsp3) is 0.462. The highest BCUT2D eigenvalue weighted by Crippen LogP contribution is 2.25. The summed E-state index contributed by atoms with van der Waals surface area (Å²) in [5, 5.41) is 10.8. The van der Waals surface area contributed by atoms with Crippen LogP contribution >= 0.6 is 0 Å². The molecule has 21 heavy (non-hydrogen) atoms. The van der Waals surface area contributed by atoms with Crippen molar-refractivity contribution < 1.29 is 14.5 Å².